The van der Waals surface area contributed by atoms with Crippen LogP contribution < -0.4 is 5.69 Å². The number of H-pyrrole nitrogens is 1. The average molecular weight is 370 g/mol. The molecule has 1 aliphatic rings. The topological polar surface area (TPSA) is 59.9 Å². The molecule has 0 amide bonds. The molecule has 112 valence electrons. The van der Waals surface area contributed by atoms with Crippen LogP contribution in [0.25, 0.3) is 0 Å². The van der Waals surface area contributed by atoms with Crippen LogP contribution >= 0.6 is 27.7 Å². The summed E-state index contributed by atoms with van der Waals surface area (Å²) in [4.78, 5) is 11.9. The molecule has 21 heavy (non-hydrogen) atoms. The lowest BCUT2D eigenvalue weighted by molar-refractivity contribution is 0.0941. The lowest BCUT2D eigenvalue weighted by atomic mass is 10.2. The Morgan fingerprint density at radius 1 is 1.52 bits per heavy atom. The van der Waals surface area contributed by atoms with Gasteiger partial charge in [-0.25, -0.2) is 9.89 Å². The molecule has 1 atom stereocenters. The Bertz CT molecular complexity index is 664. The summed E-state index contributed by atoms with van der Waals surface area (Å²) in [6.07, 6.45) is 2.20. The molecule has 0 spiro atoms. The van der Waals surface area contributed by atoms with E-state index in [2.05, 4.69) is 38.3 Å². The number of nitrogens with zero attached hydrogens (tertiary/aromatic N) is 2. The molecule has 1 N–H and O–H groups in total. The van der Waals surface area contributed by atoms with Crippen molar-refractivity contribution in [2.24, 2.45) is 0 Å². The SMILES string of the molecule is O=c1[nH]nc(SCc2cccc(Br)c2)n1CC1CCCO1. The first-order valence-corrected chi connectivity index (χ1v) is 8.64. The first-order chi connectivity index (χ1) is 10.2. The maximum Gasteiger partial charge on any atom is 0.344 e. The van der Waals surface area contributed by atoms with Crippen LogP contribution in [0.4, 0.5) is 0 Å². The van der Waals surface area contributed by atoms with Gasteiger partial charge in [0.2, 0.25) is 0 Å². The Morgan fingerprint density at radius 2 is 2.43 bits per heavy atom. The molecular formula is C14H16BrN3O2S. The van der Waals surface area contributed by atoms with Crippen molar-refractivity contribution in [3.05, 3.63) is 44.8 Å². The van der Waals surface area contributed by atoms with Crippen LogP contribution in [0.15, 0.2) is 38.7 Å². The van der Waals surface area contributed by atoms with Gasteiger partial charge in [-0.05, 0) is 30.5 Å². The van der Waals surface area contributed by atoms with Crippen LogP contribution in [0.3, 0.4) is 0 Å². The Labute approximate surface area is 135 Å². The van der Waals surface area contributed by atoms with Crippen LogP contribution in [0, 0.1) is 0 Å². The second-order valence-corrected chi connectivity index (χ2v) is 6.83. The minimum atomic E-state index is -0.165. The molecule has 2 aromatic rings. The van der Waals surface area contributed by atoms with Gasteiger partial charge in [0.05, 0.1) is 12.6 Å². The first-order valence-electron chi connectivity index (χ1n) is 6.86. The highest BCUT2D eigenvalue weighted by atomic mass is 79.9. The van der Waals surface area contributed by atoms with Crippen molar-refractivity contribution in [2.75, 3.05) is 6.61 Å². The van der Waals surface area contributed by atoms with Gasteiger partial charge in [-0.2, -0.15) is 0 Å². The average Bonchev–Trinajstić information content (AvgIpc) is 3.09. The molecule has 0 aliphatic carbocycles. The fourth-order valence-electron chi connectivity index (χ4n) is 2.34. The van der Waals surface area contributed by atoms with Crippen molar-refractivity contribution in [1.82, 2.24) is 14.8 Å². The molecule has 0 radical (unpaired) electrons. The number of ether oxygens (including phenoxy) is 1. The van der Waals surface area contributed by atoms with E-state index >= 15 is 0 Å². The standard InChI is InChI=1S/C14H16BrN3O2S/c15-11-4-1-3-10(7-11)9-21-14-17-16-13(19)18(14)8-12-5-2-6-20-12/h1,3-4,7,12H,2,5-6,8-9H2,(H,16,19). The minimum Gasteiger partial charge on any atom is -0.376 e. The molecule has 1 aliphatic heterocycles. The Kier molecular flexibility index (Phi) is 4.82. The van der Waals surface area contributed by atoms with E-state index in [0.717, 1.165) is 34.8 Å². The largest absolute Gasteiger partial charge is 0.376 e. The number of halogens is 1. The summed E-state index contributed by atoms with van der Waals surface area (Å²) in [6.45, 7) is 1.37. The number of aromatic nitrogens is 3. The molecule has 1 fully saturated rings. The molecule has 1 aromatic heterocycles. The summed E-state index contributed by atoms with van der Waals surface area (Å²) >= 11 is 5.02. The number of rotatable bonds is 5. The van der Waals surface area contributed by atoms with Crippen LogP contribution in [0.5, 0.6) is 0 Å². The van der Waals surface area contributed by atoms with Crippen LogP contribution in [-0.2, 0) is 17.0 Å². The van der Waals surface area contributed by atoms with Crippen molar-refractivity contribution in [2.45, 2.75) is 36.4 Å². The van der Waals surface area contributed by atoms with E-state index in [1.165, 1.54) is 5.56 Å². The number of hydrogen-bond acceptors (Lipinski definition) is 4. The first kappa shape index (κ1) is 14.9. The van der Waals surface area contributed by atoms with E-state index in [1.54, 1.807) is 16.3 Å². The lowest BCUT2D eigenvalue weighted by Gasteiger charge is -2.11. The highest BCUT2D eigenvalue weighted by Gasteiger charge is 2.19. The fourth-order valence-corrected chi connectivity index (χ4v) is 3.69. The quantitative estimate of drug-likeness (QED) is 0.823. The second kappa shape index (κ2) is 6.81. The predicted molar refractivity (Wildman–Crippen MR) is 85.5 cm³/mol. The number of aromatic amines is 1. The van der Waals surface area contributed by atoms with E-state index in [9.17, 15) is 4.79 Å². The van der Waals surface area contributed by atoms with Crippen molar-refractivity contribution in [1.29, 1.82) is 0 Å². The number of thioether (sulfide) groups is 1. The monoisotopic (exact) mass is 369 g/mol. The van der Waals surface area contributed by atoms with Crippen LogP contribution in [0.2, 0.25) is 0 Å². The summed E-state index contributed by atoms with van der Waals surface area (Å²) in [7, 11) is 0. The summed E-state index contributed by atoms with van der Waals surface area (Å²) in [5.41, 5.74) is 1.02. The molecule has 2 heterocycles. The van der Waals surface area contributed by atoms with Gasteiger partial charge in [-0.1, -0.05) is 39.8 Å². The number of hydrogen-bond donors (Lipinski definition) is 1. The molecule has 3 rings (SSSR count). The molecule has 0 saturated carbocycles. The molecular weight excluding hydrogens is 354 g/mol. The predicted octanol–water partition coefficient (Wildman–Crippen LogP) is 2.81. The maximum absolute atomic E-state index is 11.9. The van der Waals surface area contributed by atoms with Gasteiger partial charge in [0, 0.05) is 16.8 Å². The molecule has 7 heteroatoms. The van der Waals surface area contributed by atoms with Gasteiger partial charge >= 0.3 is 5.69 Å². The summed E-state index contributed by atoms with van der Waals surface area (Å²) in [5.74, 6) is 0.773. The van der Waals surface area contributed by atoms with Gasteiger partial charge in [-0.3, -0.25) is 4.57 Å². The van der Waals surface area contributed by atoms with Gasteiger partial charge in [0.1, 0.15) is 0 Å². The highest BCUT2D eigenvalue weighted by molar-refractivity contribution is 9.10. The Hall–Kier alpha value is -1.05. The van der Waals surface area contributed by atoms with Crippen molar-refractivity contribution in [3.8, 4) is 0 Å². The zero-order valence-electron chi connectivity index (χ0n) is 11.4. The smallest absolute Gasteiger partial charge is 0.344 e. The van der Waals surface area contributed by atoms with Crippen LogP contribution in [0.1, 0.15) is 18.4 Å². The molecule has 1 saturated heterocycles. The van der Waals surface area contributed by atoms with Crippen LogP contribution in [-0.4, -0.2) is 27.5 Å². The van der Waals surface area contributed by atoms with Crippen molar-refractivity contribution >= 4 is 27.7 Å². The zero-order valence-corrected chi connectivity index (χ0v) is 13.8. The normalized spacial score (nSPS) is 18.2. The molecule has 1 unspecified atom stereocenters. The van der Waals surface area contributed by atoms with Gasteiger partial charge in [0.25, 0.3) is 0 Å². The lowest BCUT2D eigenvalue weighted by Crippen LogP contribution is -2.24. The number of nitrogens with one attached hydrogen (secondary N) is 1. The summed E-state index contributed by atoms with van der Waals surface area (Å²) < 4.78 is 8.33. The van der Waals surface area contributed by atoms with E-state index in [0.29, 0.717) is 6.54 Å². The van der Waals surface area contributed by atoms with Gasteiger partial charge in [-0.15, -0.1) is 5.10 Å². The van der Waals surface area contributed by atoms with E-state index < -0.39 is 0 Å². The summed E-state index contributed by atoms with van der Waals surface area (Å²) in [6, 6.07) is 8.13. The third-order valence-corrected chi connectivity index (χ3v) is 4.93. The molecule has 1 aromatic carbocycles. The Morgan fingerprint density at radius 3 is 3.19 bits per heavy atom. The van der Waals surface area contributed by atoms with Crippen molar-refractivity contribution < 1.29 is 4.74 Å². The third kappa shape index (κ3) is 3.78. The second-order valence-electron chi connectivity index (χ2n) is 4.98. The fraction of sp³-hybridized carbons (Fsp3) is 0.429. The Balaban J connectivity index is 1.69. The highest BCUT2D eigenvalue weighted by Crippen LogP contribution is 2.23. The molecule has 5 nitrogen and oxygen atoms in total. The number of benzene rings is 1. The molecule has 0 bridgehead atoms. The van der Waals surface area contributed by atoms with E-state index in [1.807, 2.05) is 12.1 Å². The van der Waals surface area contributed by atoms with E-state index in [4.69, 9.17) is 4.74 Å². The third-order valence-electron chi connectivity index (χ3n) is 3.39. The maximum atomic E-state index is 11.9. The van der Waals surface area contributed by atoms with Gasteiger partial charge < -0.3 is 4.74 Å². The summed E-state index contributed by atoms with van der Waals surface area (Å²) in [5, 5.41) is 7.37. The van der Waals surface area contributed by atoms with Gasteiger partial charge in [0.15, 0.2) is 5.16 Å². The zero-order chi connectivity index (χ0) is 14.7. The van der Waals surface area contributed by atoms with E-state index in [-0.39, 0.29) is 11.8 Å². The van der Waals surface area contributed by atoms with Crippen molar-refractivity contribution in [3.63, 3.8) is 0 Å². The minimum absolute atomic E-state index is 0.130.